The van der Waals surface area contributed by atoms with E-state index >= 15 is 0 Å². The predicted octanol–water partition coefficient (Wildman–Crippen LogP) is 2.46. The molecule has 1 atom stereocenters. The van der Waals surface area contributed by atoms with Crippen molar-refractivity contribution in [1.82, 2.24) is 0 Å². The summed E-state index contributed by atoms with van der Waals surface area (Å²) >= 11 is 0. The summed E-state index contributed by atoms with van der Waals surface area (Å²) in [6, 6.07) is 0. The number of allylic oxidation sites excluding steroid dienone is 1. The molecule has 1 aliphatic heterocycles. The molecule has 0 bridgehead atoms. The van der Waals surface area contributed by atoms with Gasteiger partial charge in [-0.15, -0.1) is 6.58 Å². The van der Waals surface area contributed by atoms with Crippen molar-refractivity contribution in [2.24, 2.45) is 5.73 Å². The van der Waals surface area contributed by atoms with E-state index in [9.17, 15) is 0 Å². The number of nitrogens with two attached hydrogens (primary N) is 1. The van der Waals surface area contributed by atoms with Crippen molar-refractivity contribution < 1.29 is 9.90 Å². The Morgan fingerprint density at radius 3 is 2.75 bits per heavy atom. The van der Waals surface area contributed by atoms with Gasteiger partial charge in [0.1, 0.15) is 0 Å². The molecule has 0 saturated heterocycles. The fraction of sp³-hybridized carbons (Fsp3) is 0.286. The van der Waals surface area contributed by atoms with Gasteiger partial charge in [-0.25, -0.2) is 4.79 Å². The van der Waals surface area contributed by atoms with Gasteiger partial charge in [-0.2, -0.15) is 0 Å². The summed E-state index contributed by atoms with van der Waals surface area (Å²) in [6.45, 7) is 3.67. The number of carboxylic acid groups (broad SMARTS) is 1. The van der Waals surface area contributed by atoms with Crippen LogP contribution in [0.25, 0.3) is 0 Å². The van der Waals surface area contributed by atoms with Gasteiger partial charge >= 0.3 is 6.09 Å². The predicted molar refractivity (Wildman–Crippen MR) is 55.1 cm³/mol. The number of carbonyl (C=O) groups is 1. The highest BCUT2D eigenvalue weighted by molar-refractivity contribution is 8.78. The third-order valence-electron chi connectivity index (χ3n) is 0.927. The van der Waals surface area contributed by atoms with Crippen molar-refractivity contribution in [3.63, 3.8) is 0 Å². The first-order chi connectivity index (χ1) is 5.66. The van der Waals surface area contributed by atoms with Gasteiger partial charge in [0.2, 0.25) is 0 Å². The van der Waals surface area contributed by atoms with Gasteiger partial charge in [-0.05, 0) is 11.8 Å². The highest BCUT2D eigenvalue weighted by atomic mass is 33.1. The van der Waals surface area contributed by atoms with Crippen molar-refractivity contribution >= 4 is 27.7 Å². The van der Waals surface area contributed by atoms with Gasteiger partial charge in [0.05, 0.1) is 0 Å². The van der Waals surface area contributed by atoms with Crippen LogP contribution in [0.15, 0.2) is 24.1 Å². The Morgan fingerprint density at radius 1 is 1.83 bits per heavy atom. The minimum Gasteiger partial charge on any atom is -0.465 e. The van der Waals surface area contributed by atoms with Gasteiger partial charge < -0.3 is 10.8 Å². The Bertz CT molecular complexity index is 178. The van der Waals surface area contributed by atoms with Crippen LogP contribution in [-0.4, -0.2) is 16.4 Å². The minimum absolute atomic E-state index is 0.692. The molecule has 1 rings (SSSR count). The van der Waals surface area contributed by atoms with Crippen LogP contribution in [-0.2, 0) is 0 Å². The topological polar surface area (TPSA) is 63.3 Å². The number of primary amides is 1. The number of hydrogen-bond donors (Lipinski definition) is 2. The van der Waals surface area contributed by atoms with Crippen LogP contribution in [0.2, 0.25) is 0 Å². The fourth-order valence-electron chi connectivity index (χ4n) is 0.537. The second-order valence-corrected chi connectivity index (χ2v) is 4.34. The molecule has 0 saturated carbocycles. The van der Waals surface area contributed by atoms with Crippen LogP contribution in [0.4, 0.5) is 4.79 Å². The smallest absolute Gasteiger partial charge is 0.402 e. The van der Waals surface area contributed by atoms with E-state index in [1.54, 1.807) is 0 Å². The maximum Gasteiger partial charge on any atom is 0.402 e. The molecule has 12 heavy (non-hydrogen) atoms. The average Bonchev–Trinajstić information content (AvgIpc) is 2.39. The van der Waals surface area contributed by atoms with Crippen molar-refractivity contribution in [3.8, 4) is 0 Å². The van der Waals surface area contributed by atoms with Gasteiger partial charge in [-0.3, -0.25) is 0 Å². The van der Waals surface area contributed by atoms with E-state index in [1.165, 1.54) is 0 Å². The van der Waals surface area contributed by atoms with E-state index in [-0.39, 0.29) is 0 Å². The van der Waals surface area contributed by atoms with Gasteiger partial charge in [-0.1, -0.05) is 33.7 Å². The van der Waals surface area contributed by atoms with Crippen LogP contribution >= 0.6 is 21.6 Å². The van der Waals surface area contributed by atoms with Gasteiger partial charge in [0.25, 0.3) is 0 Å². The van der Waals surface area contributed by atoms with Crippen molar-refractivity contribution in [1.29, 1.82) is 0 Å². The lowest BCUT2D eigenvalue weighted by atomic mass is 10.3. The summed E-state index contributed by atoms with van der Waals surface area (Å²) in [7, 11) is 3.71. The van der Waals surface area contributed by atoms with Gasteiger partial charge in [0.15, 0.2) is 0 Å². The first kappa shape index (κ1) is 11.4. The Labute approximate surface area is 79.5 Å². The second kappa shape index (κ2) is 7.12. The highest BCUT2D eigenvalue weighted by Crippen LogP contribution is 2.36. The molecular formula is C7H11NO2S2. The molecule has 0 spiro atoms. The Balaban J connectivity index is 0.000000261. The molecule has 1 aliphatic rings. The van der Waals surface area contributed by atoms with Crippen LogP contribution in [0.3, 0.4) is 0 Å². The lowest BCUT2D eigenvalue weighted by molar-refractivity contribution is 0.205. The number of hydrogen-bond acceptors (Lipinski definition) is 3. The van der Waals surface area contributed by atoms with E-state index in [2.05, 4.69) is 23.8 Å². The zero-order valence-electron chi connectivity index (χ0n) is 6.47. The summed E-state index contributed by atoms with van der Waals surface area (Å²) in [5.41, 5.74) is 4.03. The van der Waals surface area contributed by atoms with E-state index < -0.39 is 6.09 Å². The Kier molecular flexibility index (Phi) is 6.79. The molecule has 3 nitrogen and oxygen atoms in total. The van der Waals surface area contributed by atoms with Crippen LogP contribution in [0.1, 0.15) is 6.42 Å². The van der Waals surface area contributed by atoms with E-state index in [0.29, 0.717) is 5.25 Å². The SMILES string of the molecule is C=CCC1C=CSS1.NC(=O)O. The minimum atomic E-state index is -1.33. The van der Waals surface area contributed by atoms with Crippen LogP contribution in [0.5, 0.6) is 0 Å². The summed E-state index contributed by atoms with van der Waals surface area (Å²) in [6.07, 6.45) is 3.96. The van der Waals surface area contributed by atoms with E-state index in [4.69, 9.17) is 9.90 Å². The molecule has 1 unspecified atom stereocenters. The largest absolute Gasteiger partial charge is 0.465 e. The molecule has 0 aliphatic carbocycles. The van der Waals surface area contributed by atoms with E-state index in [1.807, 2.05) is 27.7 Å². The van der Waals surface area contributed by atoms with Gasteiger partial charge in [0, 0.05) is 5.25 Å². The van der Waals surface area contributed by atoms with Crippen molar-refractivity contribution in [2.75, 3.05) is 0 Å². The lowest BCUT2D eigenvalue weighted by Crippen LogP contribution is -2.03. The molecule has 0 aromatic rings. The number of rotatable bonds is 2. The molecule has 0 aromatic carbocycles. The van der Waals surface area contributed by atoms with Crippen molar-refractivity contribution in [3.05, 3.63) is 24.1 Å². The normalized spacial score (nSPS) is 19.5. The standard InChI is InChI=1S/C6H8S2.CH3NO2/c1-2-3-6-4-5-7-8-6;2-1(3)4/h2,4-6H,1,3H2;2H2,(H,3,4). The molecule has 5 heteroatoms. The molecule has 1 heterocycles. The van der Waals surface area contributed by atoms with Crippen LogP contribution < -0.4 is 5.73 Å². The quantitative estimate of drug-likeness (QED) is 0.537. The summed E-state index contributed by atoms with van der Waals surface area (Å²) in [4.78, 5) is 8.78. The van der Waals surface area contributed by atoms with E-state index in [0.717, 1.165) is 6.42 Å². The molecule has 3 N–H and O–H groups in total. The Hall–Kier alpha value is -0.550. The number of amides is 1. The maximum atomic E-state index is 8.78. The summed E-state index contributed by atoms with van der Waals surface area (Å²) in [5, 5.41) is 10.0. The first-order valence-electron chi connectivity index (χ1n) is 3.25. The second-order valence-electron chi connectivity index (χ2n) is 1.92. The lowest BCUT2D eigenvalue weighted by Gasteiger charge is -1.97. The molecular weight excluding hydrogens is 194 g/mol. The third kappa shape index (κ3) is 7.56. The zero-order chi connectivity index (χ0) is 9.40. The Morgan fingerprint density at radius 2 is 2.42 bits per heavy atom. The fourth-order valence-corrected chi connectivity index (χ4v) is 2.70. The third-order valence-corrected chi connectivity index (χ3v) is 3.31. The molecule has 0 aromatic heterocycles. The molecule has 0 fully saturated rings. The summed E-state index contributed by atoms with van der Waals surface area (Å²) < 4.78 is 0. The highest BCUT2D eigenvalue weighted by Gasteiger charge is 2.06. The molecule has 0 radical (unpaired) electrons. The summed E-state index contributed by atoms with van der Waals surface area (Å²) in [5.74, 6) is 0. The average molecular weight is 205 g/mol. The zero-order valence-corrected chi connectivity index (χ0v) is 8.11. The monoisotopic (exact) mass is 205 g/mol. The van der Waals surface area contributed by atoms with Crippen molar-refractivity contribution in [2.45, 2.75) is 11.7 Å². The maximum absolute atomic E-state index is 8.78. The first-order valence-corrected chi connectivity index (χ1v) is 5.52. The van der Waals surface area contributed by atoms with Crippen LogP contribution in [0, 0.1) is 0 Å². The molecule has 68 valence electrons. The molecule has 1 amide bonds.